The number of hydrogen-bond acceptors (Lipinski definition) is 4. The van der Waals surface area contributed by atoms with Crippen LogP contribution in [-0.2, 0) is 9.59 Å². The van der Waals surface area contributed by atoms with Crippen LogP contribution >= 0.6 is 27.5 Å². The number of allylic oxidation sites excluding steroid dienone is 3. The van der Waals surface area contributed by atoms with Gasteiger partial charge in [-0.15, -0.1) is 0 Å². The summed E-state index contributed by atoms with van der Waals surface area (Å²) in [6.45, 7) is 5.66. The number of carbonyl (C=O) groups is 2. The number of carbonyl (C=O) groups excluding carboxylic acids is 2. The van der Waals surface area contributed by atoms with Crippen molar-refractivity contribution in [2.24, 2.45) is 11.3 Å². The predicted molar refractivity (Wildman–Crippen MR) is 123 cm³/mol. The number of rotatable bonds is 4. The SMILES string of the molecule is C=CC1=CC[C@H]2C(=O)N(c3ccc(F)c(Cl)c3)C(=O)[C@@]2(C)[C@H]1c1cc(Br)c(O)c(OC)c1. The molecule has 3 atom stereocenters. The van der Waals surface area contributed by atoms with Crippen molar-refractivity contribution in [2.75, 3.05) is 12.0 Å². The fourth-order valence-electron chi connectivity index (χ4n) is 4.82. The fraction of sp³-hybridized carbons (Fsp3) is 0.250. The lowest BCUT2D eigenvalue weighted by atomic mass is 9.60. The first-order valence-corrected chi connectivity index (χ1v) is 11.0. The van der Waals surface area contributed by atoms with Crippen molar-refractivity contribution in [1.82, 2.24) is 0 Å². The largest absolute Gasteiger partial charge is 0.503 e. The first kappa shape index (κ1) is 22.6. The van der Waals surface area contributed by atoms with Gasteiger partial charge >= 0.3 is 0 Å². The molecule has 0 spiro atoms. The summed E-state index contributed by atoms with van der Waals surface area (Å²) in [5.41, 5.74) is 0.566. The topological polar surface area (TPSA) is 66.8 Å². The third-order valence-electron chi connectivity index (χ3n) is 6.43. The Kier molecular flexibility index (Phi) is 5.67. The Morgan fingerprint density at radius 3 is 2.69 bits per heavy atom. The first-order valence-electron chi connectivity index (χ1n) is 9.87. The summed E-state index contributed by atoms with van der Waals surface area (Å²) in [5, 5.41) is 10.1. The summed E-state index contributed by atoms with van der Waals surface area (Å²) in [7, 11) is 1.44. The van der Waals surface area contributed by atoms with Crippen molar-refractivity contribution in [3.05, 3.63) is 75.5 Å². The van der Waals surface area contributed by atoms with Crippen molar-refractivity contribution < 1.29 is 23.8 Å². The molecule has 0 unspecified atom stereocenters. The van der Waals surface area contributed by atoms with Gasteiger partial charge in [0, 0.05) is 5.92 Å². The number of fused-ring (bicyclic) bond motifs is 1. The Hall–Kier alpha value is -2.64. The average molecular weight is 521 g/mol. The highest BCUT2D eigenvalue weighted by Gasteiger charge is 2.62. The maximum atomic E-state index is 13.8. The van der Waals surface area contributed by atoms with E-state index in [0.717, 1.165) is 16.5 Å². The molecule has 1 fully saturated rings. The van der Waals surface area contributed by atoms with Crippen LogP contribution < -0.4 is 9.64 Å². The fourth-order valence-corrected chi connectivity index (χ4v) is 5.45. The van der Waals surface area contributed by atoms with Crippen LogP contribution in [-0.4, -0.2) is 24.0 Å². The number of benzene rings is 2. The van der Waals surface area contributed by atoms with Gasteiger partial charge < -0.3 is 9.84 Å². The van der Waals surface area contributed by atoms with Crippen LogP contribution in [0, 0.1) is 17.2 Å². The number of halogens is 3. The molecule has 32 heavy (non-hydrogen) atoms. The lowest BCUT2D eigenvalue weighted by Crippen LogP contribution is -2.41. The van der Waals surface area contributed by atoms with Gasteiger partial charge in [-0.2, -0.15) is 0 Å². The molecule has 0 saturated carbocycles. The molecule has 0 radical (unpaired) electrons. The van der Waals surface area contributed by atoms with Crippen LogP contribution in [0.4, 0.5) is 10.1 Å². The number of imide groups is 1. The molecule has 1 aliphatic carbocycles. The summed E-state index contributed by atoms with van der Waals surface area (Å²) in [4.78, 5) is 28.3. The molecule has 4 rings (SSSR count). The Labute approximate surface area is 198 Å². The van der Waals surface area contributed by atoms with Crippen LogP contribution in [0.25, 0.3) is 0 Å². The Bertz CT molecular complexity index is 1200. The van der Waals surface area contributed by atoms with Crippen LogP contribution in [0.5, 0.6) is 11.5 Å². The van der Waals surface area contributed by atoms with Crippen molar-refractivity contribution in [2.45, 2.75) is 19.3 Å². The van der Waals surface area contributed by atoms with Gasteiger partial charge in [-0.3, -0.25) is 9.59 Å². The van der Waals surface area contributed by atoms with Crippen LogP contribution in [0.15, 0.2) is 59.1 Å². The van der Waals surface area contributed by atoms with Gasteiger partial charge in [0.05, 0.1) is 33.6 Å². The van der Waals surface area contributed by atoms with E-state index in [0.29, 0.717) is 16.5 Å². The van der Waals surface area contributed by atoms with Gasteiger partial charge in [-0.05, 0) is 70.7 Å². The van der Waals surface area contributed by atoms with Crippen molar-refractivity contribution in [3.63, 3.8) is 0 Å². The molecule has 8 heteroatoms. The molecular formula is C24H20BrClFNO4. The van der Waals surface area contributed by atoms with E-state index in [1.165, 1.54) is 19.2 Å². The van der Waals surface area contributed by atoms with E-state index in [2.05, 4.69) is 22.5 Å². The molecule has 166 valence electrons. The van der Waals surface area contributed by atoms with Gasteiger partial charge in [0.1, 0.15) is 5.82 Å². The van der Waals surface area contributed by atoms with E-state index in [4.69, 9.17) is 16.3 Å². The van der Waals surface area contributed by atoms with Crippen LogP contribution in [0.1, 0.15) is 24.8 Å². The van der Waals surface area contributed by atoms with Gasteiger partial charge in [-0.25, -0.2) is 9.29 Å². The number of anilines is 1. The number of ether oxygens (including phenoxy) is 1. The minimum absolute atomic E-state index is 0.0608. The van der Waals surface area contributed by atoms with Crippen molar-refractivity contribution in [3.8, 4) is 11.5 Å². The van der Waals surface area contributed by atoms with Crippen molar-refractivity contribution >= 4 is 45.0 Å². The number of phenols is 1. The zero-order valence-corrected chi connectivity index (χ0v) is 19.7. The Balaban J connectivity index is 1.89. The van der Waals surface area contributed by atoms with E-state index in [-0.39, 0.29) is 28.1 Å². The number of amides is 2. The van der Waals surface area contributed by atoms with E-state index >= 15 is 0 Å². The minimum Gasteiger partial charge on any atom is -0.503 e. The second kappa shape index (κ2) is 8.05. The summed E-state index contributed by atoms with van der Waals surface area (Å²) in [6.07, 6.45) is 3.94. The number of nitrogens with zero attached hydrogens (tertiary/aromatic N) is 1. The molecule has 2 aromatic rings. The van der Waals surface area contributed by atoms with Crippen LogP contribution in [0.2, 0.25) is 5.02 Å². The predicted octanol–water partition coefficient (Wildman–Crippen LogP) is 5.75. The molecule has 0 aromatic heterocycles. The van der Waals surface area contributed by atoms with E-state index in [9.17, 15) is 19.1 Å². The maximum Gasteiger partial charge on any atom is 0.241 e. The summed E-state index contributed by atoms with van der Waals surface area (Å²) in [6, 6.07) is 7.15. The lowest BCUT2D eigenvalue weighted by molar-refractivity contribution is -0.127. The quantitative estimate of drug-likeness (QED) is 0.521. The minimum atomic E-state index is -1.14. The molecule has 1 aliphatic heterocycles. The second-order valence-electron chi connectivity index (χ2n) is 8.04. The number of methoxy groups -OCH3 is 1. The standard InChI is InChI=1S/C24H20BrClFNO4/c1-4-12-5-7-15-22(30)28(14-6-8-18(27)17(26)11-14)23(31)24(15,2)20(12)13-9-16(25)21(29)19(10-13)32-3/h4-6,8-11,15,20,29H,1,7H2,2-3H3/t15-,20+,24+/m0/s1. The van der Waals surface area contributed by atoms with Crippen molar-refractivity contribution in [1.29, 1.82) is 0 Å². The Morgan fingerprint density at radius 2 is 2.06 bits per heavy atom. The number of aromatic hydroxyl groups is 1. The summed E-state index contributed by atoms with van der Waals surface area (Å²) >= 11 is 9.26. The van der Waals surface area contributed by atoms with E-state index < -0.39 is 29.0 Å². The third-order valence-corrected chi connectivity index (χ3v) is 7.32. The molecule has 5 nitrogen and oxygen atoms in total. The molecule has 2 amide bonds. The Morgan fingerprint density at radius 1 is 1.34 bits per heavy atom. The normalized spacial score (nSPS) is 24.9. The molecule has 0 bridgehead atoms. The molecule has 2 aromatic carbocycles. The second-order valence-corrected chi connectivity index (χ2v) is 9.30. The van der Waals surface area contributed by atoms with E-state index in [1.54, 1.807) is 25.1 Å². The monoisotopic (exact) mass is 519 g/mol. The van der Waals surface area contributed by atoms with Gasteiger partial charge in [0.2, 0.25) is 11.8 Å². The third kappa shape index (κ3) is 3.18. The van der Waals surface area contributed by atoms with Crippen LogP contribution in [0.3, 0.4) is 0 Å². The summed E-state index contributed by atoms with van der Waals surface area (Å²) < 4.78 is 19.4. The van der Waals surface area contributed by atoms with Gasteiger partial charge in [-0.1, -0.05) is 30.3 Å². The zero-order chi connectivity index (χ0) is 23.4. The highest BCUT2D eigenvalue weighted by atomic mass is 79.9. The molecule has 1 N–H and O–H groups in total. The molecule has 1 heterocycles. The highest BCUT2D eigenvalue weighted by molar-refractivity contribution is 9.10. The first-order chi connectivity index (χ1) is 15.1. The molecule has 2 aliphatic rings. The zero-order valence-electron chi connectivity index (χ0n) is 17.4. The summed E-state index contributed by atoms with van der Waals surface area (Å²) in [5.74, 6) is -2.39. The molecular weight excluding hydrogens is 501 g/mol. The average Bonchev–Trinajstić information content (AvgIpc) is 2.96. The number of phenolic OH excluding ortho intramolecular Hbond substituents is 1. The number of hydrogen-bond donors (Lipinski definition) is 1. The maximum absolute atomic E-state index is 13.8. The highest BCUT2D eigenvalue weighted by Crippen LogP contribution is 2.57. The van der Waals surface area contributed by atoms with Gasteiger partial charge in [0.25, 0.3) is 0 Å². The lowest BCUT2D eigenvalue weighted by Gasteiger charge is -2.40. The molecule has 1 saturated heterocycles. The smallest absolute Gasteiger partial charge is 0.241 e. The van der Waals surface area contributed by atoms with E-state index in [1.807, 2.05) is 6.08 Å². The van der Waals surface area contributed by atoms with Gasteiger partial charge in [0.15, 0.2) is 11.5 Å².